The highest BCUT2D eigenvalue weighted by molar-refractivity contribution is 5.87. The molecule has 2 aliphatic rings. The minimum Gasteiger partial charge on any atom is -0.0798 e. The predicted octanol–water partition coefficient (Wildman–Crippen LogP) is 4.93. The van der Waals surface area contributed by atoms with Crippen LogP contribution in [0.2, 0.25) is 0 Å². The van der Waals surface area contributed by atoms with Crippen LogP contribution in [0.4, 0.5) is 0 Å². The van der Waals surface area contributed by atoms with E-state index in [-0.39, 0.29) is 0 Å². The molecule has 0 heterocycles. The van der Waals surface area contributed by atoms with Crippen LogP contribution >= 0.6 is 0 Å². The molecule has 0 amide bonds. The first-order chi connectivity index (χ1) is 8.81. The molecule has 0 spiro atoms. The lowest BCUT2D eigenvalue weighted by molar-refractivity contribution is 0.584. The van der Waals surface area contributed by atoms with E-state index in [2.05, 4.69) is 44.2 Å². The molecule has 0 nitrogen and oxygen atoms in total. The Labute approximate surface area is 110 Å². The van der Waals surface area contributed by atoms with Crippen molar-refractivity contribution >= 4 is 5.57 Å². The van der Waals surface area contributed by atoms with E-state index >= 15 is 0 Å². The average molecular weight is 238 g/mol. The highest BCUT2D eigenvalue weighted by atomic mass is 14.3. The first kappa shape index (κ1) is 11.8. The second-order valence-electron chi connectivity index (χ2n) is 5.62. The van der Waals surface area contributed by atoms with Crippen LogP contribution in [0.15, 0.2) is 35.9 Å². The summed E-state index contributed by atoms with van der Waals surface area (Å²) in [6, 6.07) is 7.04. The first-order valence-electron chi connectivity index (χ1n) is 7.35. The fraction of sp³-hybridized carbons (Fsp3) is 0.444. The minimum atomic E-state index is 0.769. The number of benzene rings is 1. The Morgan fingerprint density at radius 3 is 2.89 bits per heavy atom. The van der Waals surface area contributed by atoms with Gasteiger partial charge in [0, 0.05) is 0 Å². The maximum atomic E-state index is 2.55. The molecule has 1 aromatic carbocycles. The molecule has 3 rings (SSSR count). The summed E-state index contributed by atoms with van der Waals surface area (Å²) in [6.07, 6.45) is 11.2. The van der Waals surface area contributed by atoms with Gasteiger partial charge in [0.2, 0.25) is 0 Å². The molecule has 0 fully saturated rings. The van der Waals surface area contributed by atoms with Crippen molar-refractivity contribution in [3.8, 4) is 0 Å². The summed E-state index contributed by atoms with van der Waals surface area (Å²) in [4.78, 5) is 0. The van der Waals surface area contributed by atoms with E-state index < -0.39 is 0 Å². The fourth-order valence-electron chi connectivity index (χ4n) is 3.27. The van der Waals surface area contributed by atoms with Crippen LogP contribution in [0.25, 0.3) is 5.57 Å². The summed E-state index contributed by atoms with van der Waals surface area (Å²) in [7, 11) is 0. The Bertz CT molecular complexity index is 517. The summed E-state index contributed by atoms with van der Waals surface area (Å²) in [5, 5.41) is 0. The molecule has 1 aromatic rings. The average Bonchev–Trinajstić information content (AvgIpc) is 2.76. The van der Waals surface area contributed by atoms with Gasteiger partial charge in [-0.1, -0.05) is 50.6 Å². The Morgan fingerprint density at radius 1 is 1.22 bits per heavy atom. The summed E-state index contributed by atoms with van der Waals surface area (Å²) >= 11 is 0. The third kappa shape index (κ3) is 1.94. The highest BCUT2D eigenvalue weighted by Gasteiger charge is 2.24. The molecule has 0 N–H and O–H groups in total. The van der Waals surface area contributed by atoms with Gasteiger partial charge in [0.1, 0.15) is 0 Å². The Hall–Kier alpha value is -1.30. The lowest BCUT2D eigenvalue weighted by Gasteiger charge is -2.17. The molecule has 0 saturated heterocycles. The molecule has 0 radical (unpaired) electrons. The summed E-state index contributed by atoms with van der Waals surface area (Å²) < 4.78 is 0. The number of fused-ring (bicyclic) bond motifs is 3. The van der Waals surface area contributed by atoms with Gasteiger partial charge in [-0.05, 0) is 59.4 Å². The topological polar surface area (TPSA) is 0 Å². The van der Waals surface area contributed by atoms with Gasteiger partial charge in [0.25, 0.3) is 0 Å². The van der Waals surface area contributed by atoms with Gasteiger partial charge in [0.15, 0.2) is 0 Å². The number of allylic oxidation sites excluding steroid dienone is 4. The molecular formula is C18H22. The zero-order valence-electron chi connectivity index (χ0n) is 11.5. The van der Waals surface area contributed by atoms with E-state index in [0.29, 0.717) is 0 Å². The largest absolute Gasteiger partial charge is 0.0798 e. The van der Waals surface area contributed by atoms with Crippen molar-refractivity contribution in [3.63, 3.8) is 0 Å². The van der Waals surface area contributed by atoms with Crippen LogP contribution < -0.4 is 0 Å². The van der Waals surface area contributed by atoms with Gasteiger partial charge >= 0.3 is 0 Å². The van der Waals surface area contributed by atoms with Crippen molar-refractivity contribution in [3.05, 3.63) is 52.6 Å². The fourth-order valence-corrected chi connectivity index (χ4v) is 3.27. The molecule has 1 unspecified atom stereocenters. The van der Waals surface area contributed by atoms with Crippen molar-refractivity contribution in [2.75, 3.05) is 0 Å². The van der Waals surface area contributed by atoms with Gasteiger partial charge in [0.05, 0.1) is 0 Å². The van der Waals surface area contributed by atoms with Gasteiger partial charge in [-0.3, -0.25) is 0 Å². The van der Waals surface area contributed by atoms with E-state index in [4.69, 9.17) is 0 Å². The van der Waals surface area contributed by atoms with E-state index in [1.165, 1.54) is 36.0 Å². The lowest BCUT2D eigenvalue weighted by atomic mass is 9.88. The molecular weight excluding hydrogens is 216 g/mol. The molecule has 2 aliphatic carbocycles. The standard InChI is InChI=1S/C18H22/c1-3-5-14-7-9-16-12-15-8-6-13(4-2)10-17(15)18(16)11-14/h6,8-11,14H,3-5,7,12H2,1-2H3. The van der Waals surface area contributed by atoms with Crippen LogP contribution in [0.1, 0.15) is 49.8 Å². The molecule has 1 atom stereocenters. The van der Waals surface area contributed by atoms with Crippen LogP contribution in [0.5, 0.6) is 0 Å². The lowest BCUT2D eigenvalue weighted by Crippen LogP contribution is -2.01. The van der Waals surface area contributed by atoms with Crippen LogP contribution in [-0.4, -0.2) is 0 Å². The van der Waals surface area contributed by atoms with Crippen molar-refractivity contribution in [1.29, 1.82) is 0 Å². The van der Waals surface area contributed by atoms with Crippen molar-refractivity contribution in [1.82, 2.24) is 0 Å². The second kappa shape index (κ2) is 4.76. The van der Waals surface area contributed by atoms with Crippen molar-refractivity contribution in [2.24, 2.45) is 5.92 Å². The maximum absolute atomic E-state index is 2.55. The molecule has 0 bridgehead atoms. The van der Waals surface area contributed by atoms with Gasteiger partial charge in [-0.2, -0.15) is 0 Å². The second-order valence-corrected chi connectivity index (χ2v) is 5.62. The maximum Gasteiger partial charge on any atom is -0.00167 e. The SMILES string of the molecule is CCCC1C=C2C(=CC1)Cc1ccc(CC)cc12. The Balaban J connectivity index is 1.99. The summed E-state index contributed by atoms with van der Waals surface area (Å²) in [5.41, 5.74) is 7.63. The third-order valence-corrected chi connectivity index (χ3v) is 4.33. The smallest absolute Gasteiger partial charge is 0.00167 e. The minimum absolute atomic E-state index is 0.769. The molecule has 18 heavy (non-hydrogen) atoms. The quantitative estimate of drug-likeness (QED) is 0.700. The molecule has 0 aromatic heterocycles. The monoisotopic (exact) mass is 238 g/mol. The molecule has 94 valence electrons. The van der Waals surface area contributed by atoms with Gasteiger partial charge < -0.3 is 0 Å². The van der Waals surface area contributed by atoms with Crippen molar-refractivity contribution in [2.45, 2.75) is 46.0 Å². The molecule has 0 aliphatic heterocycles. The van der Waals surface area contributed by atoms with E-state index in [0.717, 1.165) is 18.8 Å². The van der Waals surface area contributed by atoms with Gasteiger partial charge in [-0.15, -0.1) is 0 Å². The number of hydrogen-bond donors (Lipinski definition) is 0. The van der Waals surface area contributed by atoms with Gasteiger partial charge in [-0.25, -0.2) is 0 Å². The third-order valence-electron chi connectivity index (χ3n) is 4.33. The van der Waals surface area contributed by atoms with Crippen LogP contribution in [-0.2, 0) is 12.8 Å². The zero-order valence-corrected chi connectivity index (χ0v) is 11.5. The molecule has 0 heteroatoms. The van der Waals surface area contributed by atoms with Crippen LogP contribution in [0, 0.1) is 5.92 Å². The summed E-state index contributed by atoms with van der Waals surface area (Å²) in [5.74, 6) is 0.769. The Morgan fingerprint density at radius 2 is 2.11 bits per heavy atom. The van der Waals surface area contributed by atoms with Crippen LogP contribution in [0.3, 0.4) is 0 Å². The predicted molar refractivity (Wildman–Crippen MR) is 78.6 cm³/mol. The van der Waals surface area contributed by atoms with E-state index in [1.54, 1.807) is 11.1 Å². The van der Waals surface area contributed by atoms with Crippen molar-refractivity contribution < 1.29 is 0 Å². The summed E-state index contributed by atoms with van der Waals surface area (Å²) in [6.45, 7) is 4.53. The number of aryl methyl sites for hydroxylation is 1. The zero-order chi connectivity index (χ0) is 12.5. The normalized spacial score (nSPS) is 21.1. The number of rotatable bonds is 3. The molecule has 0 saturated carbocycles. The number of hydrogen-bond acceptors (Lipinski definition) is 0. The highest BCUT2D eigenvalue weighted by Crippen LogP contribution is 2.41. The van der Waals surface area contributed by atoms with E-state index in [9.17, 15) is 0 Å². The first-order valence-corrected chi connectivity index (χ1v) is 7.35. The van der Waals surface area contributed by atoms with E-state index in [1.807, 2.05) is 0 Å². The Kier molecular flexibility index (Phi) is 3.11.